The van der Waals surface area contributed by atoms with Gasteiger partial charge in [-0.1, -0.05) is 43.7 Å². The van der Waals surface area contributed by atoms with E-state index in [1.807, 2.05) is 25.1 Å². The summed E-state index contributed by atoms with van der Waals surface area (Å²) in [5.41, 5.74) is -0.274. The number of dihydropyridines is 1. The van der Waals surface area contributed by atoms with Crippen molar-refractivity contribution in [3.8, 4) is 6.07 Å². The third-order valence-electron chi connectivity index (χ3n) is 8.33. The lowest BCUT2D eigenvalue weighted by molar-refractivity contribution is -0.149. The standard InChI is InChI=1S/C29H35F3N4O3/c1-2-7-24-21(9-6-15-36(24)27(39)25-23(29(30,31)32)11-5-14-34-25)26(38)35-16-12-28(19-33,13-17-35)22-10-4-3-8-20(22)18-37/h3-5,8,10-11,14,21,24-25,34,37H,2,6-7,9,12-13,15-18H2,1H3/t21-,24-,25?/m1/s1. The van der Waals surface area contributed by atoms with Crippen LogP contribution in [0.3, 0.4) is 0 Å². The molecule has 2 amide bonds. The van der Waals surface area contributed by atoms with Gasteiger partial charge < -0.3 is 20.2 Å². The molecule has 2 N–H and O–H groups in total. The molecule has 10 heteroatoms. The summed E-state index contributed by atoms with van der Waals surface area (Å²) in [4.78, 5) is 30.5. The zero-order valence-electron chi connectivity index (χ0n) is 22.1. The highest BCUT2D eigenvalue weighted by Crippen LogP contribution is 2.39. The van der Waals surface area contributed by atoms with E-state index in [0.717, 1.165) is 11.6 Å². The molecule has 0 aliphatic carbocycles. The number of hydrogen-bond donors (Lipinski definition) is 2. The lowest BCUT2D eigenvalue weighted by atomic mass is 9.72. The predicted molar refractivity (Wildman–Crippen MR) is 139 cm³/mol. The highest BCUT2D eigenvalue weighted by molar-refractivity contribution is 5.88. The number of nitriles is 1. The molecule has 0 aromatic heterocycles. The Labute approximate surface area is 227 Å². The van der Waals surface area contributed by atoms with Crippen molar-refractivity contribution >= 4 is 11.8 Å². The molecule has 3 aliphatic heterocycles. The minimum Gasteiger partial charge on any atom is -0.392 e. The van der Waals surface area contributed by atoms with Crippen LogP contribution in [0.25, 0.3) is 0 Å². The number of likely N-dealkylation sites (tertiary alicyclic amines) is 2. The lowest BCUT2D eigenvalue weighted by Gasteiger charge is -2.45. The van der Waals surface area contributed by atoms with Crippen molar-refractivity contribution in [2.75, 3.05) is 19.6 Å². The van der Waals surface area contributed by atoms with Crippen LogP contribution in [0.2, 0.25) is 0 Å². The number of allylic oxidation sites excluding steroid dienone is 2. The zero-order chi connectivity index (χ0) is 28.2. The van der Waals surface area contributed by atoms with Crippen LogP contribution in [0, 0.1) is 17.2 Å². The molecule has 0 bridgehead atoms. The maximum absolute atomic E-state index is 13.8. The fourth-order valence-electron chi connectivity index (χ4n) is 6.30. The number of nitrogens with one attached hydrogen (secondary N) is 1. The summed E-state index contributed by atoms with van der Waals surface area (Å²) in [6.07, 6.45) is 1.93. The maximum atomic E-state index is 13.8. The van der Waals surface area contributed by atoms with Gasteiger partial charge >= 0.3 is 6.18 Å². The minimum absolute atomic E-state index is 0.115. The van der Waals surface area contributed by atoms with Crippen molar-refractivity contribution in [1.82, 2.24) is 15.1 Å². The molecule has 4 rings (SSSR count). The van der Waals surface area contributed by atoms with E-state index >= 15 is 0 Å². The van der Waals surface area contributed by atoms with Crippen molar-refractivity contribution in [3.63, 3.8) is 0 Å². The van der Waals surface area contributed by atoms with Crippen molar-refractivity contribution in [3.05, 3.63) is 59.3 Å². The highest BCUT2D eigenvalue weighted by Gasteiger charge is 2.47. The number of alkyl halides is 3. The fourth-order valence-corrected chi connectivity index (χ4v) is 6.30. The van der Waals surface area contributed by atoms with Crippen molar-refractivity contribution in [2.24, 2.45) is 5.92 Å². The Balaban J connectivity index is 1.51. The van der Waals surface area contributed by atoms with E-state index in [-0.39, 0.29) is 12.5 Å². The molecule has 3 aliphatic rings. The quantitative estimate of drug-likeness (QED) is 0.566. The minimum atomic E-state index is -4.65. The molecular formula is C29H35F3N4O3. The van der Waals surface area contributed by atoms with Crippen LogP contribution in [0.4, 0.5) is 13.2 Å². The molecule has 0 radical (unpaired) electrons. The number of nitrogens with zero attached hydrogens (tertiary/aromatic N) is 3. The first-order chi connectivity index (χ1) is 18.7. The Morgan fingerprint density at radius 1 is 1.18 bits per heavy atom. The van der Waals surface area contributed by atoms with Gasteiger partial charge in [0.05, 0.1) is 29.6 Å². The molecule has 2 saturated heterocycles. The second kappa shape index (κ2) is 11.8. The molecule has 3 heterocycles. The number of aliphatic hydroxyl groups excluding tert-OH is 1. The Morgan fingerprint density at radius 3 is 2.54 bits per heavy atom. The summed E-state index contributed by atoms with van der Waals surface area (Å²) in [5.74, 6) is -1.29. The molecule has 1 aromatic carbocycles. The number of hydrogen-bond acceptors (Lipinski definition) is 5. The number of halogens is 3. The van der Waals surface area contributed by atoms with Crippen LogP contribution in [-0.4, -0.2) is 64.6 Å². The molecule has 0 spiro atoms. The van der Waals surface area contributed by atoms with Gasteiger partial charge in [-0.05, 0) is 55.5 Å². The Bertz CT molecular complexity index is 1170. The smallest absolute Gasteiger partial charge is 0.392 e. The molecule has 2 fully saturated rings. The predicted octanol–water partition coefficient (Wildman–Crippen LogP) is 3.94. The Hall–Kier alpha value is -3.32. The molecule has 39 heavy (non-hydrogen) atoms. The highest BCUT2D eigenvalue weighted by atomic mass is 19.4. The van der Waals surface area contributed by atoms with E-state index < -0.39 is 41.1 Å². The Kier molecular flexibility index (Phi) is 8.70. The van der Waals surface area contributed by atoms with E-state index in [0.29, 0.717) is 63.7 Å². The van der Waals surface area contributed by atoms with E-state index in [1.165, 1.54) is 17.2 Å². The number of piperidine rings is 2. The van der Waals surface area contributed by atoms with Gasteiger partial charge in [0.25, 0.3) is 0 Å². The van der Waals surface area contributed by atoms with Crippen LogP contribution in [0.1, 0.15) is 56.6 Å². The van der Waals surface area contributed by atoms with Gasteiger partial charge in [-0.25, -0.2) is 0 Å². The normalized spacial score (nSPS) is 24.9. The molecule has 1 unspecified atom stereocenters. The third-order valence-corrected chi connectivity index (χ3v) is 8.33. The van der Waals surface area contributed by atoms with E-state index in [4.69, 9.17) is 0 Å². The van der Waals surface area contributed by atoms with Gasteiger partial charge in [0.2, 0.25) is 11.8 Å². The van der Waals surface area contributed by atoms with Crippen molar-refractivity contribution in [2.45, 2.75) is 75.7 Å². The monoisotopic (exact) mass is 544 g/mol. The third kappa shape index (κ3) is 5.69. The van der Waals surface area contributed by atoms with Gasteiger partial charge in [0.1, 0.15) is 6.04 Å². The summed E-state index contributed by atoms with van der Waals surface area (Å²) >= 11 is 0. The number of carbonyl (C=O) groups excluding carboxylic acids is 2. The second-order valence-corrected chi connectivity index (χ2v) is 10.5. The fraction of sp³-hybridized carbons (Fsp3) is 0.552. The summed E-state index contributed by atoms with van der Waals surface area (Å²) in [6.45, 7) is 2.76. The zero-order valence-corrected chi connectivity index (χ0v) is 22.1. The molecule has 0 saturated carbocycles. The Morgan fingerprint density at radius 2 is 1.90 bits per heavy atom. The average Bonchev–Trinajstić information content (AvgIpc) is 2.96. The molecule has 7 nitrogen and oxygen atoms in total. The van der Waals surface area contributed by atoms with Crippen molar-refractivity contribution in [1.29, 1.82) is 5.26 Å². The first kappa shape index (κ1) is 28.7. The van der Waals surface area contributed by atoms with E-state index in [9.17, 15) is 33.1 Å². The van der Waals surface area contributed by atoms with Crippen LogP contribution in [0.15, 0.2) is 48.2 Å². The van der Waals surface area contributed by atoms with Gasteiger partial charge in [-0.3, -0.25) is 9.59 Å². The summed E-state index contributed by atoms with van der Waals surface area (Å²) < 4.78 is 41.0. The summed E-state index contributed by atoms with van der Waals surface area (Å²) in [5, 5.41) is 22.5. The van der Waals surface area contributed by atoms with E-state index in [1.54, 1.807) is 11.0 Å². The molecule has 1 aromatic rings. The van der Waals surface area contributed by atoms with Crippen LogP contribution in [-0.2, 0) is 21.6 Å². The van der Waals surface area contributed by atoms with Gasteiger partial charge in [0.15, 0.2) is 0 Å². The average molecular weight is 545 g/mol. The SMILES string of the molecule is CCC[C@@H]1[C@H](C(=O)N2CCC(C#N)(c3ccccc3CO)CC2)CCCN1C(=O)C1NC=CC=C1C(F)(F)F. The number of benzene rings is 1. The topological polar surface area (TPSA) is 96.7 Å². The largest absolute Gasteiger partial charge is 0.415 e. The molecule has 3 atom stereocenters. The van der Waals surface area contributed by atoms with Gasteiger partial charge in [-0.15, -0.1) is 0 Å². The second-order valence-electron chi connectivity index (χ2n) is 10.5. The number of rotatable bonds is 6. The summed E-state index contributed by atoms with van der Waals surface area (Å²) in [7, 11) is 0. The van der Waals surface area contributed by atoms with Crippen LogP contribution in [0.5, 0.6) is 0 Å². The van der Waals surface area contributed by atoms with Crippen LogP contribution >= 0.6 is 0 Å². The number of carbonyl (C=O) groups is 2. The van der Waals surface area contributed by atoms with Gasteiger partial charge in [-0.2, -0.15) is 18.4 Å². The first-order valence-corrected chi connectivity index (χ1v) is 13.6. The van der Waals surface area contributed by atoms with Gasteiger partial charge in [0, 0.05) is 25.7 Å². The maximum Gasteiger partial charge on any atom is 0.415 e. The number of amides is 2. The van der Waals surface area contributed by atoms with Crippen LogP contribution < -0.4 is 5.32 Å². The van der Waals surface area contributed by atoms with Crippen molar-refractivity contribution < 1.29 is 27.9 Å². The van der Waals surface area contributed by atoms with E-state index in [2.05, 4.69) is 11.4 Å². The molecule has 210 valence electrons. The summed E-state index contributed by atoms with van der Waals surface area (Å²) in [6, 6.07) is 7.71. The molecular weight excluding hydrogens is 509 g/mol. The first-order valence-electron chi connectivity index (χ1n) is 13.6. The lowest BCUT2D eigenvalue weighted by Crippen LogP contribution is -2.59. The number of aliphatic hydroxyl groups is 1.